The number of fused-ring (bicyclic) bond motifs is 1. The van der Waals surface area contributed by atoms with Crippen LogP contribution in [0.25, 0.3) is 0 Å². The summed E-state index contributed by atoms with van der Waals surface area (Å²) >= 11 is 0. The summed E-state index contributed by atoms with van der Waals surface area (Å²) in [5.41, 5.74) is 0. The normalized spacial score (nSPS) is 24.8. The Balaban J connectivity index is 1.67. The predicted octanol–water partition coefficient (Wildman–Crippen LogP) is 12.2. The largest absolute Gasteiger partial charge is 0.388 e. The number of ether oxygens (including phenoxy) is 3. The van der Waals surface area contributed by atoms with Crippen molar-refractivity contribution in [3.63, 3.8) is 0 Å². The molecule has 4 atom stereocenters. The Morgan fingerprint density at radius 1 is 0.580 bits per heavy atom. The van der Waals surface area contributed by atoms with Crippen LogP contribution in [-0.2, 0) is 14.2 Å². The van der Waals surface area contributed by atoms with Crippen LogP contribution in [0.1, 0.15) is 181 Å². The number of nitrogens with zero attached hydrogens (tertiary/aromatic N) is 1. The van der Waals surface area contributed by atoms with Gasteiger partial charge in [0.1, 0.15) is 18.3 Å². The van der Waals surface area contributed by atoms with Gasteiger partial charge >= 0.3 is 0 Å². The van der Waals surface area contributed by atoms with Crippen LogP contribution < -0.4 is 0 Å². The van der Waals surface area contributed by atoms with Crippen molar-refractivity contribution >= 4 is 0 Å². The fourth-order valence-electron chi connectivity index (χ4n) is 7.47. The maximum atomic E-state index is 11.2. The number of hydrogen-bond acceptors (Lipinski definition) is 5. The van der Waals surface area contributed by atoms with Crippen LogP contribution in [0.3, 0.4) is 0 Å². The molecule has 2 fully saturated rings. The third-order valence-electron chi connectivity index (χ3n) is 10.6. The minimum absolute atomic E-state index is 0.107. The lowest BCUT2D eigenvalue weighted by Crippen LogP contribution is -2.44. The number of aliphatic hydroxyl groups is 1. The Labute approximate surface area is 310 Å². The smallest absolute Gasteiger partial charge is 0.169 e. The molecule has 290 valence electrons. The van der Waals surface area contributed by atoms with E-state index >= 15 is 0 Å². The van der Waals surface area contributed by atoms with Crippen LogP contribution in [-0.4, -0.2) is 67.5 Å². The molecule has 0 aromatic rings. The third kappa shape index (κ3) is 20.7. The number of unbranched alkanes of at least 4 members (excludes halogenated alkanes) is 18. The van der Waals surface area contributed by atoms with Gasteiger partial charge in [0.25, 0.3) is 0 Å². The standard InChI is InChI=1S/C45H81NO4/c1-5-7-9-11-13-15-17-19-21-23-25-27-29-31-33-35-37-45(49-42-40-46(3)39-41(48-4)43(47)44(42)50-45)38-36-34-32-30-28-26-24-22-20-18-16-14-12-10-8-6-2/h13-16,19-22,41-44,47H,5-12,17-18,23-40H2,1-4H3/t41-,42+,43+,44-,45?/m0/s1. The van der Waals surface area contributed by atoms with Gasteiger partial charge in [0.2, 0.25) is 0 Å². The number of methoxy groups -OCH3 is 1. The first-order valence-corrected chi connectivity index (χ1v) is 21.4. The molecule has 0 aromatic heterocycles. The van der Waals surface area contributed by atoms with E-state index in [-0.39, 0.29) is 18.3 Å². The zero-order chi connectivity index (χ0) is 36.0. The zero-order valence-corrected chi connectivity index (χ0v) is 33.3. The molecule has 0 bridgehead atoms. The summed E-state index contributed by atoms with van der Waals surface area (Å²) in [5.74, 6) is -0.572. The second-order valence-corrected chi connectivity index (χ2v) is 15.3. The summed E-state index contributed by atoms with van der Waals surface area (Å²) in [6, 6.07) is 0. The highest BCUT2D eigenvalue weighted by molar-refractivity contribution is 4.97. The van der Waals surface area contributed by atoms with Gasteiger partial charge in [-0.1, -0.05) is 140 Å². The van der Waals surface area contributed by atoms with Crippen molar-refractivity contribution in [3.05, 3.63) is 48.6 Å². The van der Waals surface area contributed by atoms with Gasteiger partial charge in [-0.15, -0.1) is 0 Å². The molecule has 2 aliphatic heterocycles. The highest BCUT2D eigenvalue weighted by atomic mass is 16.8. The molecule has 0 aromatic carbocycles. The number of likely N-dealkylation sites (tertiary alicyclic amines) is 1. The maximum absolute atomic E-state index is 11.2. The average molecular weight is 700 g/mol. The van der Waals surface area contributed by atoms with Crippen LogP contribution in [0, 0.1) is 0 Å². The lowest BCUT2D eigenvalue weighted by Gasteiger charge is -2.31. The van der Waals surface area contributed by atoms with Gasteiger partial charge in [0, 0.05) is 33.0 Å². The molecule has 0 unspecified atom stereocenters. The van der Waals surface area contributed by atoms with Crippen molar-refractivity contribution in [1.29, 1.82) is 0 Å². The Hall–Kier alpha value is -1.24. The van der Waals surface area contributed by atoms with Crippen LogP contribution in [0.5, 0.6) is 0 Å². The van der Waals surface area contributed by atoms with Crippen LogP contribution in [0.4, 0.5) is 0 Å². The SMILES string of the molecule is CCCCCC=CCC=CCCCCCCCCC1(CCCCCCCCC=CCC=CCCCCC)O[C@@H]2[C@H](O)[C@@H](OC)CN(C)C[C@H]2O1. The number of likely N-dealkylation sites (N-methyl/N-ethyl adjacent to an activating group) is 1. The second kappa shape index (κ2) is 30.2. The fraction of sp³-hybridized carbons (Fsp3) is 0.822. The summed E-state index contributed by atoms with van der Waals surface area (Å²) in [5, 5.41) is 11.2. The number of allylic oxidation sites excluding steroid dienone is 8. The Kier molecular flexibility index (Phi) is 27.2. The zero-order valence-electron chi connectivity index (χ0n) is 33.3. The van der Waals surface area contributed by atoms with Gasteiger partial charge in [0.15, 0.2) is 5.79 Å². The van der Waals surface area contributed by atoms with Crippen LogP contribution >= 0.6 is 0 Å². The van der Waals surface area contributed by atoms with E-state index in [0.29, 0.717) is 6.54 Å². The maximum Gasteiger partial charge on any atom is 0.169 e. The van der Waals surface area contributed by atoms with Crippen molar-refractivity contribution in [2.45, 2.75) is 211 Å². The van der Waals surface area contributed by atoms with Crippen molar-refractivity contribution in [2.24, 2.45) is 0 Å². The monoisotopic (exact) mass is 700 g/mol. The second-order valence-electron chi connectivity index (χ2n) is 15.3. The molecule has 2 saturated heterocycles. The van der Waals surface area contributed by atoms with Gasteiger partial charge in [-0.2, -0.15) is 0 Å². The van der Waals surface area contributed by atoms with Gasteiger partial charge in [0.05, 0.1) is 6.10 Å². The number of aliphatic hydroxyl groups excluding tert-OH is 1. The lowest BCUT2D eigenvalue weighted by atomic mass is 9.98. The first kappa shape index (κ1) is 44.9. The van der Waals surface area contributed by atoms with Crippen molar-refractivity contribution in [3.8, 4) is 0 Å². The van der Waals surface area contributed by atoms with Gasteiger partial charge < -0.3 is 24.2 Å². The first-order chi connectivity index (χ1) is 24.5. The molecule has 1 N–H and O–H groups in total. The van der Waals surface area contributed by atoms with Crippen molar-refractivity contribution < 1.29 is 19.3 Å². The lowest BCUT2D eigenvalue weighted by molar-refractivity contribution is -0.202. The summed E-state index contributed by atoms with van der Waals surface area (Å²) in [6.45, 7) is 5.99. The van der Waals surface area contributed by atoms with E-state index in [1.807, 2.05) is 0 Å². The van der Waals surface area contributed by atoms with E-state index in [4.69, 9.17) is 14.2 Å². The van der Waals surface area contributed by atoms with E-state index < -0.39 is 11.9 Å². The molecule has 0 spiro atoms. The summed E-state index contributed by atoms with van der Waals surface area (Å²) in [7, 11) is 3.79. The summed E-state index contributed by atoms with van der Waals surface area (Å²) in [6.07, 6.45) is 49.2. The summed E-state index contributed by atoms with van der Waals surface area (Å²) < 4.78 is 19.3. The quantitative estimate of drug-likeness (QED) is 0.0576. The Bertz CT molecular complexity index is 850. The molecule has 2 heterocycles. The van der Waals surface area contributed by atoms with Gasteiger partial charge in [-0.05, 0) is 84.1 Å². The highest BCUT2D eigenvalue weighted by Gasteiger charge is 2.52. The third-order valence-corrected chi connectivity index (χ3v) is 10.6. The minimum atomic E-state index is -0.663. The van der Waals surface area contributed by atoms with E-state index in [2.05, 4.69) is 74.4 Å². The molecule has 0 radical (unpaired) electrons. The Morgan fingerprint density at radius 3 is 1.44 bits per heavy atom. The summed E-state index contributed by atoms with van der Waals surface area (Å²) in [4.78, 5) is 2.22. The average Bonchev–Trinajstić information content (AvgIpc) is 3.42. The number of rotatable bonds is 31. The topological polar surface area (TPSA) is 51.2 Å². The van der Waals surface area contributed by atoms with E-state index in [0.717, 1.165) is 45.1 Å². The minimum Gasteiger partial charge on any atom is -0.388 e. The molecule has 0 aliphatic carbocycles. The van der Waals surface area contributed by atoms with Crippen molar-refractivity contribution in [1.82, 2.24) is 4.90 Å². The van der Waals surface area contributed by atoms with Crippen LogP contribution in [0.15, 0.2) is 48.6 Å². The van der Waals surface area contributed by atoms with E-state index in [1.165, 1.54) is 128 Å². The van der Waals surface area contributed by atoms with Crippen molar-refractivity contribution in [2.75, 3.05) is 27.2 Å². The molecule has 2 aliphatic rings. The molecule has 2 rings (SSSR count). The fourth-order valence-corrected chi connectivity index (χ4v) is 7.47. The molecular weight excluding hydrogens is 618 g/mol. The molecular formula is C45H81NO4. The molecule has 50 heavy (non-hydrogen) atoms. The highest BCUT2D eigenvalue weighted by Crippen LogP contribution is 2.40. The van der Waals surface area contributed by atoms with Gasteiger partial charge in [-0.3, -0.25) is 0 Å². The van der Waals surface area contributed by atoms with E-state index in [9.17, 15) is 5.11 Å². The Morgan fingerprint density at radius 2 is 1.00 bits per heavy atom. The molecule has 5 heteroatoms. The molecule has 5 nitrogen and oxygen atoms in total. The van der Waals surface area contributed by atoms with Gasteiger partial charge in [-0.25, -0.2) is 0 Å². The van der Waals surface area contributed by atoms with E-state index in [1.54, 1.807) is 7.11 Å². The molecule has 0 amide bonds. The number of hydrogen-bond donors (Lipinski definition) is 1. The first-order valence-electron chi connectivity index (χ1n) is 21.4. The molecule has 0 saturated carbocycles. The van der Waals surface area contributed by atoms with Crippen LogP contribution in [0.2, 0.25) is 0 Å². The predicted molar refractivity (Wildman–Crippen MR) is 215 cm³/mol.